The van der Waals surface area contributed by atoms with E-state index in [4.69, 9.17) is 11.6 Å². The van der Waals surface area contributed by atoms with Crippen molar-refractivity contribution < 1.29 is 13.2 Å². The third-order valence-corrected chi connectivity index (χ3v) is 4.06. The average Bonchev–Trinajstić information content (AvgIpc) is 3.18. The monoisotopic (exact) mass is 392 g/mol. The highest BCUT2D eigenvalue weighted by Crippen LogP contribution is 2.33. The van der Waals surface area contributed by atoms with Gasteiger partial charge in [0.15, 0.2) is 0 Å². The van der Waals surface area contributed by atoms with Crippen LogP contribution in [0.15, 0.2) is 48.9 Å². The molecule has 4 aromatic rings. The summed E-state index contributed by atoms with van der Waals surface area (Å²) >= 11 is 5.79. The van der Waals surface area contributed by atoms with Crippen LogP contribution in [-0.4, -0.2) is 24.5 Å². The maximum absolute atomic E-state index is 12.9. The minimum Gasteiger partial charge on any atom is -0.323 e. The van der Waals surface area contributed by atoms with Crippen LogP contribution < -0.4 is 5.32 Å². The Morgan fingerprint density at radius 2 is 1.89 bits per heavy atom. The predicted octanol–water partition coefficient (Wildman–Crippen LogP) is 4.57. The number of hydrogen-bond acceptors (Lipinski definition) is 4. The number of benzene rings is 2. The van der Waals surface area contributed by atoms with E-state index in [1.54, 1.807) is 4.68 Å². The van der Waals surface area contributed by atoms with E-state index in [2.05, 4.69) is 20.5 Å². The summed E-state index contributed by atoms with van der Waals surface area (Å²) < 4.78 is 42.0. The third-order valence-electron chi connectivity index (χ3n) is 3.84. The van der Waals surface area contributed by atoms with E-state index < -0.39 is 11.7 Å². The van der Waals surface area contributed by atoms with Gasteiger partial charge in [-0.3, -0.25) is 4.68 Å². The van der Waals surface area contributed by atoms with Crippen LogP contribution in [0.25, 0.3) is 16.6 Å². The minimum atomic E-state index is -4.49. The molecule has 0 fully saturated rings. The largest absolute Gasteiger partial charge is 0.416 e. The quantitative estimate of drug-likeness (QED) is 0.555. The SMILES string of the molecule is Cn1cc2cc(-n3cnc(Nc4cc(Cl)cc(C(F)(F)F)c4)n3)ccc2n1. The summed E-state index contributed by atoms with van der Waals surface area (Å²) in [5.74, 6) is 0.150. The maximum atomic E-state index is 12.9. The van der Waals surface area contributed by atoms with Crippen LogP contribution in [0.2, 0.25) is 5.02 Å². The van der Waals surface area contributed by atoms with Gasteiger partial charge in [0.1, 0.15) is 6.33 Å². The van der Waals surface area contributed by atoms with Gasteiger partial charge in [0, 0.05) is 29.3 Å². The summed E-state index contributed by atoms with van der Waals surface area (Å²) in [5, 5.41) is 12.2. The van der Waals surface area contributed by atoms with Gasteiger partial charge < -0.3 is 5.32 Å². The van der Waals surface area contributed by atoms with Gasteiger partial charge in [0.25, 0.3) is 0 Å². The van der Waals surface area contributed by atoms with E-state index in [-0.39, 0.29) is 16.7 Å². The fourth-order valence-corrected chi connectivity index (χ4v) is 2.91. The van der Waals surface area contributed by atoms with Gasteiger partial charge in [0.2, 0.25) is 5.95 Å². The highest BCUT2D eigenvalue weighted by molar-refractivity contribution is 6.31. The molecule has 27 heavy (non-hydrogen) atoms. The first kappa shape index (κ1) is 17.3. The van der Waals surface area contributed by atoms with E-state index in [1.807, 2.05) is 31.4 Å². The molecule has 1 N–H and O–H groups in total. The number of alkyl halides is 3. The lowest BCUT2D eigenvalue weighted by molar-refractivity contribution is -0.137. The molecule has 2 aromatic carbocycles. The summed E-state index contributed by atoms with van der Waals surface area (Å²) in [4.78, 5) is 4.09. The molecule has 0 spiro atoms. The topological polar surface area (TPSA) is 60.6 Å². The van der Waals surface area contributed by atoms with Crippen LogP contribution in [0, 0.1) is 0 Å². The predicted molar refractivity (Wildman–Crippen MR) is 95.4 cm³/mol. The number of fused-ring (bicyclic) bond motifs is 1. The van der Waals surface area contributed by atoms with Gasteiger partial charge in [-0.2, -0.15) is 23.3 Å². The Bertz CT molecular complexity index is 1130. The Kier molecular flexibility index (Phi) is 4.03. The van der Waals surface area contributed by atoms with Gasteiger partial charge in [-0.1, -0.05) is 11.6 Å². The van der Waals surface area contributed by atoms with Crippen molar-refractivity contribution >= 4 is 34.1 Å². The lowest BCUT2D eigenvalue weighted by Gasteiger charge is -2.10. The molecule has 0 saturated carbocycles. The zero-order valence-electron chi connectivity index (χ0n) is 13.9. The Morgan fingerprint density at radius 1 is 1.07 bits per heavy atom. The molecule has 0 saturated heterocycles. The normalized spacial score (nSPS) is 11.9. The molecule has 4 rings (SSSR count). The fourth-order valence-electron chi connectivity index (χ4n) is 2.68. The number of aromatic nitrogens is 5. The lowest BCUT2D eigenvalue weighted by atomic mass is 10.2. The van der Waals surface area contributed by atoms with Crippen LogP contribution in [0.1, 0.15) is 5.56 Å². The van der Waals surface area contributed by atoms with Crippen LogP contribution >= 0.6 is 11.6 Å². The Labute approximate surface area is 156 Å². The first-order chi connectivity index (χ1) is 12.8. The van der Waals surface area contributed by atoms with Crippen molar-refractivity contribution in [2.75, 3.05) is 5.32 Å². The molecule has 0 unspecified atom stereocenters. The van der Waals surface area contributed by atoms with Crippen LogP contribution in [0.5, 0.6) is 0 Å². The number of aryl methyl sites for hydroxylation is 1. The number of nitrogens with one attached hydrogen (secondary N) is 1. The maximum Gasteiger partial charge on any atom is 0.416 e. The summed E-state index contributed by atoms with van der Waals surface area (Å²) in [6.07, 6.45) is -1.15. The molecule has 0 amide bonds. The average molecular weight is 393 g/mol. The second-order valence-electron chi connectivity index (χ2n) is 5.91. The molecule has 0 radical (unpaired) electrons. The summed E-state index contributed by atoms with van der Waals surface area (Å²) in [6.45, 7) is 0. The highest BCUT2D eigenvalue weighted by Gasteiger charge is 2.31. The first-order valence-electron chi connectivity index (χ1n) is 7.78. The number of nitrogens with zero attached hydrogens (tertiary/aromatic N) is 5. The molecule has 138 valence electrons. The highest BCUT2D eigenvalue weighted by atomic mass is 35.5. The molecular weight excluding hydrogens is 381 g/mol. The van der Waals surface area contributed by atoms with Gasteiger partial charge in [0.05, 0.1) is 16.8 Å². The fraction of sp³-hybridized carbons (Fsp3) is 0.118. The van der Waals surface area contributed by atoms with E-state index in [0.29, 0.717) is 0 Å². The number of anilines is 2. The van der Waals surface area contributed by atoms with Crippen molar-refractivity contribution in [3.05, 3.63) is 59.5 Å². The zero-order valence-corrected chi connectivity index (χ0v) is 14.6. The van der Waals surface area contributed by atoms with E-state index >= 15 is 0 Å². The number of hydrogen-bond donors (Lipinski definition) is 1. The molecule has 10 heteroatoms. The molecule has 0 aliphatic heterocycles. The molecule has 0 aliphatic rings. The second kappa shape index (κ2) is 6.27. The van der Waals surface area contributed by atoms with E-state index in [1.165, 1.54) is 17.1 Å². The van der Waals surface area contributed by atoms with Gasteiger partial charge in [-0.05, 0) is 36.4 Å². The molecule has 0 aliphatic carbocycles. The number of rotatable bonds is 3. The summed E-state index contributed by atoms with van der Waals surface area (Å²) in [5.41, 5.74) is 0.894. The third kappa shape index (κ3) is 3.59. The molecule has 2 heterocycles. The second-order valence-corrected chi connectivity index (χ2v) is 6.35. The first-order valence-corrected chi connectivity index (χ1v) is 8.16. The molecule has 0 atom stereocenters. The Balaban J connectivity index is 1.62. The zero-order chi connectivity index (χ0) is 19.2. The summed E-state index contributed by atoms with van der Waals surface area (Å²) in [7, 11) is 1.83. The van der Waals surface area contributed by atoms with E-state index in [9.17, 15) is 13.2 Å². The smallest absolute Gasteiger partial charge is 0.323 e. The van der Waals surface area contributed by atoms with Crippen molar-refractivity contribution in [2.45, 2.75) is 6.18 Å². The van der Waals surface area contributed by atoms with Crippen molar-refractivity contribution in [3.8, 4) is 5.69 Å². The van der Waals surface area contributed by atoms with E-state index in [0.717, 1.165) is 28.7 Å². The van der Waals surface area contributed by atoms with Crippen molar-refractivity contribution in [2.24, 2.45) is 7.05 Å². The molecule has 0 bridgehead atoms. The van der Waals surface area contributed by atoms with Crippen LogP contribution in [0.3, 0.4) is 0 Å². The lowest BCUT2D eigenvalue weighted by Crippen LogP contribution is -2.06. The Morgan fingerprint density at radius 3 is 2.67 bits per heavy atom. The molecular formula is C17H12ClF3N6. The standard InChI is InChI=1S/C17H12ClF3N6/c1-26-8-10-4-14(2-3-15(10)24-26)27-9-22-16(25-27)23-13-6-11(17(19,20)21)5-12(18)7-13/h2-9H,1H3,(H,23,25). The molecule has 2 aromatic heterocycles. The minimum absolute atomic E-state index is 0.0335. The number of halogens is 4. The van der Waals surface area contributed by atoms with Crippen LogP contribution in [-0.2, 0) is 13.2 Å². The van der Waals surface area contributed by atoms with Gasteiger partial charge >= 0.3 is 6.18 Å². The van der Waals surface area contributed by atoms with Crippen LogP contribution in [0.4, 0.5) is 24.8 Å². The Hall–Kier alpha value is -3.07. The van der Waals surface area contributed by atoms with Crippen molar-refractivity contribution in [1.82, 2.24) is 24.5 Å². The van der Waals surface area contributed by atoms with Crippen molar-refractivity contribution in [1.29, 1.82) is 0 Å². The van der Waals surface area contributed by atoms with Gasteiger partial charge in [-0.25, -0.2) is 4.68 Å². The summed E-state index contributed by atoms with van der Waals surface area (Å²) in [6, 6.07) is 8.76. The van der Waals surface area contributed by atoms with Gasteiger partial charge in [-0.15, -0.1) is 5.10 Å². The van der Waals surface area contributed by atoms with Crippen molar-refractivity contribution in [3.63, 3.8) is 0 Å². The molecule has 6 nitrogen and oxygen atoms in total.